The summed E-state index contributed by atoms with van der Waals surface area (Å²) in [5.41, 5.74) is 7.71. The number of esters is 1. The average Bonchev–Trinajstić information content (AvgIpc) is 2.68. The van der Waals surface area contributed by atoms with E-state index in [1.807, 2.05) is 0 Å². The lowest BCUT2D eigenvalue weighted by Gasteiger charge is -1.95. The summed E-state index contributed by atoms with van der Waals surface area (Å²) < 4.78 is 5.93. The predicted octanol–water partition coefficient (Wildman–Crippen LogP) is 0.657. The molecule has 0 fully saturated rings. The van der Waals surface area contributed by atoms with Crippen LogP contribution < -0.4 is 5.73 Å². The molecule has 0 spiro atoms. The van der Waals surface area contributed by atoms with Gasteiger partial charge < -0.3 is 10.5 Å². The van der Waals surface area contributed by atoms with Gasteiger partial charge in [-0.05, 0) is 18.2 Å². The molecule has 2 N–H and O–H groups in total. The largest absolute Gasteiger partial charge is 0.466 e. The predicted molar refractivity (Wildman–Crippen MR) is 59.3 cm³/mol. The van der Waals surface area contributed by atoms with Crippen LogP contribution in [0.1, 0.15) is 0 Å². The molecule has 0 amide bonds. The molecule has 16 heavy (non-hydrogen) atoms. The summed E-state index contributed by atoms with van der Waals surface area (Å²) in [6.07, 6.45) is 2.73. The molecule has 82 valence electrons. The van der Waals surface area contributed by atoms with Crippen molar-refractivity contribution in [1.29, 1.82) is 0 Å². The smallest absolute Gasteiger partial charge is 0.332 e. The van der Waals surface area contributed by atoms with Gasteiger partial charge in [-0.1, -0.05) is 5.21 Å². The average molecular weight is 218 g/mol. The number of hydrogen-bond acceptors (Lipinski definition) is 5. The first-order chi connectivity index (χ1) is 7.70. The van der Waals surface area contributed by atoms with Crippen molar-refractivity contribution in [2.75, 3.05) is 12.8 Å². The van der Waals surface area contributed by atoms with Gasteiger partial charge >= 0.3 is 5.97 Å². The number of hydrogen-bond donors (Lipinski definition) is 1. The number of nitrogens with two attached hydrogens (primary N) is 1. The van der Waals surface area contributed by atoms with E-state index in [0.717, 1.165) is 5.52 Å². The molecule has 0 atom stereocenters. The summed E-state index contributed by atoms with van der Waals surface area (Å²) in [5, 5.41) is 7.78. The molecule has 1 aromatic carbocycles. The minimum absolute atomic E-state index is 0.451. The summed E-state index contributed by atoms with van der Waals surface area (Å²) in [5.74, 6) is -0.451. The Kier molecular flexibility index (Phi) is 2.55. The first-order valence-electron chi connectivity index (χ1n) is 4.57. The third-order valence-corrected chi connectivity index (χ3v) is 2.05. The molecule has 1 heterocycles. The van der Waals surface area contributed by atoms with Crippen LogP contribution in [-0.2, 0) is 9.53 Å². The molecular weight excluding hydrogens is 208 g/mol. The first-order valence-corrected chi connectivity index (χ1v) is 4.57. The monoisotopic (exact) mass is 218 g/mol. The standard InChI is InChI=1S/C10H10N4O2/c1-16-10(15)4-5-14-9-6-7(11)2-3-8(9)12-13-14/h2-6H,11H2,1H3/b5-4+. The van der Waals surface area contributed by atoms with Crippen LogP contribution in [0.15, 0.2) is 24.3 Å². The number of aromatic nitrogens is 3. The summed E-state index contributed by atoms with van der Waals surface area (Å²) >= 11 is 0. The van der Waals surface area contributed by atoms with E-state index >= 15 is 0 Å². The highest BCUT2D eigenvalue weighted by atomic mass is 16.5. The van der Waals surface area contributed by atoms with Crippen LogP contribution >= 0.6 is 0 Å². The zero-order chi connectivity index (χ0) is 11.5. The highest BCUT2D eigenvalue weighted by Crippen LogP contribution is 2.14. The van der Waals surface area contributed by atoms with Crippen LogP contribution in [-0.4, -0.2) is 28.1 Å². The Hall–Kier alpha value is -2.37. The molecule has 1 aromatic heterocycles. The highest BCUT2D eigenvalue weighted by Gasteiger charge is 2.02. The van der Waals surface area contributed by atoms with Crippen LogP contribution in [0.3, 0.4) is 0 Å². The Morgan fingerprint density at radius 2 is 2.38 bits per heavy atom. The van der Waals surface area contributed by atoms with Gasteiger partial charge in [0.15, 0.2) is 0 Å². The van der Waals surface area contributed by atoms with Crippen molar-refractivity contribution in [3.8, 4) is 0 Å². The molecule has 0 radical (unpaired) electrons. The van der Waals surface area contributed by atoms with Gasteiger partial charge in [0.2, 0.25) is 0 Å². The number of nitrogens with zero attached hydrogens (tertiary/aromatic N) is 3. The van der Waals surface area contributed by atoms with Gasteiger partial charge in [0.05, 0.1) is 12.6 Å². The van der Waals surface area contributed by atoms with E-state index in [2.05, 4.69) is 15.0 Å². The SMILES string of the molecule is COC(=O)/C=C/n1nnc2ccc(N)cc21. The van der Waals surface area contributed by atoms with E-state index in [0.29, 0.717) is 11.2 Å². The van der Waals surface area contributed by atoms with Crippen molar-refractivity contribution in [3.05, 3.63) is 24.3 Å². The molecule has 0 saturated carbocycles. The van der Waals surface area contributed by atoms with Crippen LogP contribution in [0.4, 0.5) is 5.69 Å². The summed E-state index contributed by atoms with van der Waals surface area (Å²) in [6.45, 7) is 0. The van der Waals surface area contributed by atoms with Gasteiger partial charge in [-0.3, -0.25) is 0 Å². The molecule has 0 aliphatic heterocycles. The van der Waals surface area contributed by atoms with Crippen molar-refractivity contribution in [2.24, 2.45) is 0 Å². The van der Waals surface area contributed by atoms with Gasteiger partial charge in [0, 0.05) is 18.0 Å². The number of carbonyl (C=O) groups is 1. The second kappa shape index (κ2) is 4.01. The number of ether oxygens (including phenoxy) is 1. The number of rotatable bonds is 2. The van der Waals surface area contributed by atoms with Gasteiger partial charge in [-0.15, -0.1) is 5.10 Å². The Balaban J connectivity index is 2.41. The van der Waals surface area contributed by atoms with Crippen LogP contribution in [0.5, 0.6) is 0 Å². The van der Waals surface area contributed by atoms with Crippen molar-refractivity contribution in [3.63, 3.8) is 0 Å². The van der Waals surface area contributed by atoms with Crippen molar-refractivity contribution >= 4 is 28.9 Å². The van der Waals surface area contributed by atoms with E-state index in [-0.39, 0.29) is 0 Å². The van der Waals surface area contributed by atoms with E-state index in [1.165, 1.54) is 24.1 Å². The maximum absolute atomic E-state index is 10.9. The van der Waals surface area contributed by atoms with E-state index in [1.54, 1.807) is 18.2 Å². The molecule has 2 aromatic rings. The number of anilines is 1. The Labute approximate surface area is 91.3 Å². The maximum Gasteiger partial charge on any atom is 0.332 e. The second-order valence-electron chi connectivity index (χ2n) is 3.12. The number of fused-ring (bicyclic) bond motifs is 1. The van der Waals surface area contributed by atoms with E-state index in [4.69, 9.17) is 5.73 Å². The molecular formula is C10H10N4O2. The lowest BCUT2D eigenvalue weighted by atomic mass is 10.3. The van der Waals surface area contributed by atoms with Gasteiger partial charge in [-0.25, -0.2) is 9.48 Å². The van der Waals surface area contributed by atoms with Crippen molar-refractivity contribution in [1.82, 2.24) is 15.0 Å². The molecule has 6 nitrogen and oxygen atoms in total. The number of carbonyl (C=O) groups excluding carboxylic acids is 1. The lowest BCUT2D eigenvalue weighted by Crippen LogP contribution is -1.96. The first kappa shape index (κ1) is 10.2. The minimum atomic E-state index is -0.451. The summed E-state index contributed by atoms with van der Waals surface area (Å²) in [6, 6.07) is 5.24. The van der Waals surface area contributed by atoms with Gasteiger partial charge in [-0.2, -0.15) is 0 Å². The Morgan fingerprint density at radius 1 is 1.56 bits per heavy atom. The van der Waals surface area contributed by atoms with E-state index in [9.17, 15) is 4.79 Å². The number of methoxy groups -OCH3 is 1. The second-order valence-corrected chi connectivity index (χ2v) is 3.12. The fraction of sp³-hybridized carbons (Fsp3) is 0.100. The molecule has 6 heteroatoms. The topological polar surface area (TPSA) is 83.0 Å². The number of nitrogen functional groups attached to an aromatic ring is 1. The van der Waals surface area contributed by atoms with Crippen molar-refractivity contribution < 1.29 is 9.53 Å². The van der Waals surface area contributed by atoms with Crippen LogP contribution in [0.2, 0.25) is 0 Å². The molecule has 0 bridgehead atoms. The molecule has 0 unspecified atom stereocenters. The zero-order valence-corrected chi connectivity index (χ0v) is 8.62. The molecule has 0 aliphatic rings. The molecule has 0 aliphatic carbocycles. The third kappa shape index (κ3) is 1.85. The van der Waals surface area contributed by atoms with E-state index < -0.39 is 5.97 Å². The normalized spacial score (nSPS) is 11.1. The van der Waals surface area contributed by atoms with Crippen molar-refractivity contribution in [2.45, 2.75) is 0 Å². The quantitative estimate of drug-likeness (QED) is 0.454. The molecule has 2 rings (SSSR count). The minimum Gasteiger partial charge on any atom is -0.466 e. The number of benzene rings is 1. The zero-order valence-electron chi connectivity index (χ0n) is 8.62. The maximum atomic E-state index is 10.9. The van der Waals surface area contributed by atoms with Gasteiger partial charge in [0.25, 0.3) is 0 Å². The molecule has 0 saturated heterocycles. The highest BCUT2D eigenvalue weighted by molar-refractivity contribution is 5.86. The lowest BCUT2D eigenvalue weighted by molar-refractivity contribution is -0.134. The van der Waals surface area contributed by atoms with Crippen LogP contribution in [0, 0.1) is 0 Å². The fourth-order valence-corrected chi connectivity index (χ4v) is 1.26. The Morgan fingerprint density at radius 3 is 3.12 bits per heavy atom. The Bertz CT molecular complexity index is 559. The summed E-state index contributed by atoms with van der Waals surface area (Å²) in [4.78, 5) is 10.9. The third-order valence-electron chi connectivity index (χ3n) is 2.05. The summed E-state index contributed by atoms with van der Waals surface area (Å²) in [7, 11) is 1.31. The van der Waals surface area contributed by atoms with Crippen LogP contribution in [0.25, 0.3) is 17.2 Å². The fourth-order valence-electron chi connectivity index (χ4n) is 1.26. The van der Waals surface area contributed by atoms with Gasteiger partial charge in [0.1, 0.15) is 5.52 Å².